The summed E-state index contributed by atoms with van der Waals surface area (Å²) in [5.74, 6) is 1.07. The van der Waals surface area contributed by atoms with E-state index < -0.39 is 0 Å². The molecular weight excluding hydrogens is 275 g/mol. The molecule has 0 bridgehead atoms. The van der Waals surface area contributed by atoms with Crippen molar-refractivity contribution >= 4 is 35.0 Å². The third-order valence-electron chi connectivity index (χ3n) is 2.74. The highest BCUT2D eigenvalue weighted by molar-refractivity contribution is 7.98. The predicted molar refractivity (Wildman–Crippen MR) is 79.3 cm³/mol. The number of hydrogen-bond acceptors (Lipinski definition) is 3. The van der Waals surface area contributed by atoms with Gasteiger partial charge in [-0.05, 0) is 24.9 Å². The van der Waals surface area contributed by atoms with Crippen LogP contribution in [0.4, 0.5) is 0 Å². The van der Waals surface area contributed by atoms with E-state index in [2.05, 4.69) is 18.2 Å². The van der Waals surface area contributed by atoms with E-state index in [1.165, 1.54) is 0 Å². The second-order valence-corrected chi connectivity index (χ2v) is 5.64. The van der Waals surface area contributed by atoms with Gasteiger partial charge in [0.25, 0.3) is 0 Å². The Morgan fingerprint density at radius 3 is 2.71 bits per heavy atom. The fourth-order valence-electron chi connectivity index (χ4n) is 1.71. The topological polar surface area (TPSA) is 29.3 Å². The number of likely N-dealkylation sites (N-methyl/N-ethyl adjacent to an activating group) is 1. The maximum atomic E-state index is 6.23. The summed E-state index contributed by atoms with van der Waals surface area (Å²) in [5.41, 5.74) is 6.85. The highest BCUT2D eigenvalue weighted by atomic mass is 35.5. The molecule has 2 nitrogen and oxygen atoms in total. The van der Waals surface area contributed by atoms with Gasteiger partial charge in [-0.3, -0.25) is 4.90 Å². The van der Waals surface area contributed by atoms with Crippen LogP contribution in [0.5, 0.6) is 0 Å². The largest absolute Gasteiger partial charge is 0.329 e. The maximum Gasteiger partial charge on any atom is 0.0640 e. The van der Waals surface area contributed by atoms with E-state index in [1.807, 2.05) is 23.9 Å². The van der Waals surface area contributed by atoms with E-state index in [9.17, 15) is 0 Å². The number of halogens is 2. The van der Waals surface area contributed by atoms with Crippen LogP contribution in [-0.2, 0) is 0 Å². The quantitative estimate of drug-likeness (QED) is 0.872. The first kappa shape index (κ1) is 15.1. The van der Waals surface area contributed by atoms with Crippen molar-refractivity contribution in [1.29, 1.82) is 0 Å². The number of nitrogens with two attached hydrogens (primary N) is 1. The summed E-state index contributed by atoms with van der Waals surface area (Å²) in [6.07, 6.45) is 2.09. The molecule has 0 spiro atoms. The number of thioether (sulfide) groups is 1. The summed E-state index contributed by atoms with van der Waals surface area (Å²) in [4.78, 5) is 2.22. The highest BCUT2D eigenvalue weighted by Crippen LogP contribution is 2.31. The minimum Gasteiger partial charge on any atom is -0.329 e. The number of rotatable bonds is 6. The van der Waals surface area contributed by atoms with Crippen LogP contribution >= 0.6 is 35.0 Å². The minimum atomic E-state index is 0.119. The van der Waals surface area contributed by atoms with E-state index in [0.717, 1.165) is 17.9 Å². The fourth-order valence-corrected chi connectivity index (χ4v) is 2.62. The van der Waals surface area contributed by atoms with Gasteiger partial charge >= 0.3 is 0 Å². The first-order valence-corrected chi connectivity index (χ1v) is 7.60. The average Bonchev–Trinajstić information content (AvgIpc) is 2.32. The van der Waals surface area contributed by atoms with Crippen LogP contribution in [0.25, 0.3) is 0 Å². The van der Waals surface area contributed by atoms with Crippen molar-refractivity contribution in [2.45, 2.75) is 6.04 Å². The second-order valence-electron chi connectivity index (χ2n) is 3.87. The van der Waals surface area contributed by atoms with Crippen LogP contribution in [0.2, 0.25) is 10.0 Å². The average molecular weight is 293 g/mol. The van der Waals surface area contributed by atoms with E-state index >= 15 is 0 Å². The van der Waals surface area contributed by atoms with Crippen molar-refractivity contribution in [3.8, 4) is 0 Å². The van der Waals surface area contributed by atoms with Gasteiger partial charge in [-0.15, -0.1) is 0 Å². The molecule has 1 rings (SSSR count). The first-order valence-electron chi connectivity index (χ1n) is 5.45. The smallest absolute Gasteiger partial charge is 0.0640 e. The molecule has 1 aromatic rings. The summed E-state index contributed by atoms with van der Waals surface area (Å²) < 4.78 is 0. The van der Waals surface area contributed by atoms with Gasteiger partial charge in [0, 0.05) is 24.9 Å². The molecule has 2 N–H and O–H groups in total. The number of nitrogens with zero attached hydrogens (tertiary/aromatic N) is 1. The molecule has 0 radical (unpaired) electrons. The minimum absolute atomic E-state index is 0.119. The molecule has 0 aliphatic heterocycles. The van der Waals surface area contributed by atoms with Gasteiger partial charge < -0.3 is 5.73 Å². The van der Waals surface area contributed by atoms with Crippen LogP contribution in [0.3, 0.4) is 0 Å². The Bertz CT molecular complexity index is 360. The van der Waals surface area contributed by atoms with Crippen LogP contribution < -0.4 is 5.73 Å². The number of benzene rings is 1. The zero-order valence-corrected chi connectivity index (χ0v) is 12.4. The summed E-state index contributed by atoms with van der Waals surface area (Å²) in [6.45, 7) is 1.51. The van der Waals surface area contributed by atoms with Crippen LogP contribution in [0.15, 0.2) is 18.2 Å². The zero-order chi connectivity index (χ0) is 12.8. The van der Waals surface area contributed by atoms with Crippen molar-refractivity contribution in [2.24, 2.45) is 5.73 Å². The molecule has 5 heteroatoms. The molecule has 1 unspecified atom stereocenters. The molecule has 0 saturated carbocycles. The van der Waals surface area contributed by atoms with E-state index in [4.69, 9.17) is 28.9 Å². The number of hydrogen-bond donors (Lipinski definition) is 1. The lowest BCUT2D eigenvalue weighted by Gasteiger charge is -2.28. The van der Waals surface area contributed by atoms with Gasteiger partial charge in [-0.2, -0.15) is 11.8 Å². The molecule has 0 saturated heterocycles. The Hall–Kier alpha value is 0.0700. The van der Waals surface area contributed by atoms with Crippen molar-refractivity contribution < 1.29 is 0 Å². The van der Waals surface area contributed by atoms with E-state index in [1.54, 1.807) is 6.07 Å². The molecule has 0 aliphatic rings. The maximum absolute atomic E-state index is 6.23. The van der Waals surface area contributed by atoms with Crippen LogP contribution in [-0.4, -0.2) is 37.0 Å². The van der Waals surface area contributed by atoms with Gasteiger partial charge in [0.2, 0.25) is 0 Å². The third-order valence-corrected chi connectivity index (χ3v) is 4.17. The van der Waals surface area contributed by atoms with Crippen molar-refractivity contribution in [2.75, 3.05) is 32.1 Å². The second kappa shape index (κ2) is 7.49. The SMILES string of the molecule is CSCCN(C)C(CN)c1cccc(Cl)c1Cl. The van der Waals surface area contributed by atoms with Crippen molar-refractivity contribution in [3.63, 3.8) is 0 Å². The predicted octanol–water partition coefficient (Wildman–Crippen LogP) is 3.29. The molecule has 1 atom stereocenters. The Kier molecular flexibility index (Phi) is 6.67. The van der Waals surface area contributed by atoms with Gasteiger partial charge in [0.05, 0.1) is 10.0 Å². The van der Waals surface area contributed by atoms with Gasteiger partial charge in [0.1, 0.15) is 0 Å². The normalized spacial score (nSPS) is 13.1. The summed E-state index contributed by atoms with van der Waals surface area (Å²) in [5, 5.41) is 1.20. The Morgan fingerprint density at radius 1 is 1.41 bits per heavy atom. The zero-order valence-electron chi connectivity index (χ0n) is 10.1. The van der Waals surface area contributed by atoms with E-state index in [-0.39, 0.29) is 6.04 Å². The van der Waals surface area contributed by atoms with Crippen LogP contribution in [0.1, 0.15) is 11.6 Å². The first-order chi connectivity index (χ1) is 8.11. The lowest BCUT2D eigenvalue weighted by Crippen LogP contribution is -2.32. The lowest BCUT2D eigenvalue weighted by atomic mass is 10.1. The monoisotopic (exact) mass is 292 g/mol. The standard InChI is InChI=1S/C12H18Cl2N2S/c1-16(6-7-17-2)11(8-15)9-4-3-5-10(13)12(9)14/h3-5,11H,6-8,15H2,1-2H3. The fraction of sp³-hybridized carbons (Fsp3) is 0.500. The molecule has 0 amide bonds. The molecule has 17 heavy (non-hydrogen) atoms. The molecule has 0 aliphatic carbocycles. The molecule has 96 valence electrons. The summed E-state index contributed by atoms with van der Waals surface area (Å²) in [7, 11) is 2.06. The van der Waals surface area contributed by atoms with Gasteiger partial charge in [-0.1, -0.05) is 35.3 Å². The Balaban J connectivity index is 2.89. The highest BCUT2D eigenvalue weighted by Gasteiger charge is 2.18. The molecule has 0 aromatic heterocycles. The van der Waals surface area contributed by atoms with E-state index in [0.29, 0.717) is 16.6 Å². The van der Waals surface area contributed by atoms with Crippen molar-refractivity contribution in [1.82, 2.24) is 4.90 Å². The lowest BCUT2D eigenvalue weighted by molar-refractivity contribution is 0.266. The van der Waals surface area contributed by atoms with Crippen LogP contribution in [0, 0.1) is 0 Å². The Labute approximate surface area is 117 Å². The van der Waals surface area contributed by atoms with Crippen molar-refractivity contribution in [3.05, 3.63) is 33.8 Å². The molecule has 1 aromatic carbocycles. The van der Waals surface area contributed by atoms with Gasteiger partial charge in [-0.25, -0.2) is 0 Å². The van der Waals surface area contributed by atoms with Gasteiger partial charge in [0.15, 0.2) is 0 Å². The summed E-state index contributed by atoms with van der Waals surface area (Å²) >= 11 is 14.1. The molecule has 0 heterocycles. The molecule has 0 fully saturated rings. The molecular formula is C12H18Cl2N2S. The third kappa shape index (κ3) is 4.04. The summed E-state index contributed by atoms with van der Waals surface area (Å²) in [6, 6.07) is 5.81. The Morgan fingerprint density at radius 2 is 2.12 bits per heavy atom.